The molecule has 0 unspecified atom stereocenters. The second-order valence-corrected chi connectivity index (χ2v) is 4.60. The largest absolute Gasteiger partial charge is 0.492 e. The highest BCUT2D eigenvalue weighted by atomic mass is 16.5. The van der Waals surface area contributed by atoms with Crippen molar-refractivity contribution in [1.29, 1.82) is 0 Å². The molecule has 0 bridgehead atoms. The van der Waals surface area contributed by atoms with Crippen molar-refractivity contribution in [3.63, 3.8) is 0 Å². The van der Waals surface area contributed by atoms with E-state index < -0.39 is 0 Å². The zero-order valence-corrected chi connectivity index (χ0v) is 8.78. The van der Waals surface area contributed by atoms with Gasteiger partial charge in [-0.25, -0.2) is 0 Å². The molecule has 0 amide bonds. The molecular weight excluding hydrogens is 186 g/mol. The molecule has 1 spiro atoms. The smallest absolute Gasteiger partial charge is 0.123 e. The Balaban J connectivity index is 1.95. The Kier molecular flexibility index (Phi) is 1.99. The van der Waals surface area contributed by atoms with E-state index in [0.29, 0.717) is 0 Å². The minimum Gasteiger partial charge on any atom is -0.492 e. The first-order valence-corrected chi connectivity index (χ1v) is 5.52. The summed E-state index contributed by atoms with van der Waals surface area (Å²) < 4.78 is 5.77. The normalized spacial score (nSPS) is 23.8. The molecular formula is C13H15NO. The monoisotopic (exact) mass is 201 g/mol. The zero-order chi connectivity index (χ0) is 10.3. The van der Waals surface area contributed by atoms with Gasteiger partial charge in [-0.05, 0) is 32.0 Å². The van der Waals surface area contributed by atoms with Gasteiger partial charge < -0.3 is 4.74 Å². The predicted molar refractivity (Wildman–Crippen MR) is 58.7 cm³/mol. The van der Waals surface area contributed by atoms with Crippen LogP contribution in [0.25, 0.3) is 0 Å². The third-order valence-corrected chi connectivity index (χ3v) is 3.72. The fourth-order valence-corrected chi connectivity index (χ4v) is 2.69. The van der Waals surface area contributed by atoms with Gasteiger partial charge in [-0.2, -0.15) is 0 Å². The SMILES string of the molecule is [CH]N1CCC2(CC1)COc1ccccc12. The molecule has 0 aromatic heterocycles. The van der Waals surface area contributed by atoms with Crippen LogP contribution in [0.1, 0.15) is 18.4 Å². The number of hydrogen-bond donors (Lipinski definition) is 0. The lowest BCUT2D eigenvalue weighted by Gasteiger charge is -2.36. The van der Waals surface area contributed by atoms with E-state index in [1.165, 1.54) is 5.56 Å². The summed E-state index contributed by atoms with van der Waals surface area (Å²) in [5, 5.41) is 0. The van der Waals surface area contributed by atoms with Gasteiger partial charge in [-0.3, -0.25) is 4.90 Å². The summed E-state index contributed by atoms with van der Waals surface area (Å²) in [5.74, 6) is 1.07. The van der Waals surface area contributed by atoms with E-state index in [0.717, 1.165) is 38.3 Å². The maximum Gasteiger partial charge on any atom is 0.123 e. The molecule has 1 fully saturated rings. The highest BCUT2D eigenvalue weighted by Crippen LogP contribution is 2.44. The second kappa shape index (κ2) is 3.24. The Morgan fingerprint density at radius 1 is 1.20 bits per heavy atom. The van der Waals surface area contributed by atoms with Gasteiger partial charge in [0.25, 0.3) is 0 Å². The molecule has 2 radical (unpaired) electrons. The van der Waals surface area contributed by atoms with Crippen LogP contribution in [0, 0.1) is 7.05 Å². The van der Waals surface area contributed by atoms with Gasteiger partial charge in [0, 0.05) is 18.0 Å². The second-order valence-electron chi connectivity index (χ2n) is 4.60. The molecule has 1 saturated heterocycles. The van der Waals surface area contributed by atoms with Crippen molar-refractivity contribution in [3.05, 3.63) is 36.9 Å². The molecule has 3 rings (SSSR count). The third kappa shape index (κ3) is 1.36. The zero-order valence-electron chi connectivity index (χ0n) is 8.78. The average molecular weight is 201 g/mol. The summed E-state index contributed by atoms with van der Waals surface area (Å²) in [4.78, 5) is 1.91. The highest BCUT2D eigenvalue weighted by Gasteiger charge is 2.42. The highest BCUT2D eigenvalue weighted by molar-refractivity contribution is 5.43. The van der Waals surface area contributed by atoms with E-state index in [1.807, 2.05) is 11.0 Å². The van der Waals surface area contributed by atoms with E-state index in [2.05, 4.69) is 18.2 Å². The van der Waals surface area contributed by atoms with Crippen molar-refractivity contribution in [2.45, 2.75) is 18.3 Å². The predicted octanol–water partition coefficient (Wildman–Crippen LogP) is 2.08. The standard InChI is InChI=1S/C13H15NO/c1-14-8-6-13(7-9-14)10-15-12-5-3-2-4-11(12)13/h1-5H,6-10H2. The fraction of sp³-hybridized carbons (Fsp3) is 0.462. The number of likely N-dealkylation sites (tertiary alicyclic amines) is 1. The molecule has 78 valence electrons. The summed E-state index contributed by atoms with van der Waals surface area (Å²) in [6, 6.07) is 8.41. The molecule has 1 aromatic rings. The van der Waals surface area contributed by atoms with Gasteiger partial charge in [0.2, 0.25) is 0 Å². The number of ether oxygens (including phenoxy) is 1. The summed E-state index contributed by atoms with van der Waals surface area (Å²) in [6.45, 7) is 2.77. The van der Waals surface area contributed by atoms with E-state index in [9.17, 15) is 0 Å². The number of nitrogens with zero attached hydrogens (tertiary/aromatic N) is 1. The summed E-state index contributed by atoms with van der Waals surface area (Å²) in [5.41, 5.74) is 1.63. The van der Waals surface area contributed by atoms with Crippen molar-refractivity contribution in [1.82, 2.24) is 4.90 Å². The van der Waals surface area contributed by atoms with Crippen LogP contribution in [0.2, 0.25) is 0 Å². The molecule has 2 heteroatoms. The lowest BCUT2D eigenvalue weighted by molar-refractivity contribution is 0.166. The summed E-state index contributed by atoms with van der Waals surface area (Å²) in [6.07, 6.45) is 2.22. The molecule has 2 nitrogen and oxygen atoms in total. The van der Waals surface area contributed by atoms with Crippen molar-refractivity contribution in [2.75, 3.05) is 19.7 Å². The van der Waals surface area contributed by atoms with Crippen LogP contribution in [0.3, 0.4) is 0 Å². The molecule has 1 aromatic carbocycles. The minimum absolute atomic E-state index is 0.243. The molecule has 0 atom stereocenters. The van der Waals surface area contributed by atoms with Crippen LogP contribution in [-0.2, 0) is 5.41 Å². The Morgan fingerprint density at radius 3 is 2.73 bits per heavy atom. The summed E-state index contributed by atoms with van der Waals surface area (Å²) in [7, 11) is 5.80. The van der Waals surface area contributed by atoms with Crippen molar-refractivity contribution in [2.24, 2.45) is 0 Å². The van der Waals surface area contributed by atoms with Crippen molar-refractivity contribution >= 4 is 0 Å². The van der Waals surface area contributed by atoms with Crippen LogP contribution in [0.5, 0.6) is 5.75 Å². The molecule has 0 N–H and O–H groups in total. The van der Waals surface area contributed by atoms with Crippen LogP contribution in [0.15, 0.2) is 24.3 Å². The lowest BCUT2D eigenvalue weighted by Crippen LogP contribution is -2.41. The average Bonchev–Trinajstić information content (AvgIpc) is 2.63. The molecule has 0 saturated carbocycles. The Labute approximate surface area is 90.8 Å². The number of fused-ring (bicyclic) bond motifs is 2. The van der Waals surface area contributed by atoms with Gasteiger partial charge in [0.05, 0.1) is 6.61 Å². The quantitative estimate of drug-likeness (QED) is 0.637. The summed E-state index contributed by atoms with van der Waals surface area (Å²) >= 11 is 0. The van der Waals surface area contributed by atoms with Gasteiger partial charge in [0.1, 0.15) is 5.75 Å². The third-order valence-electron chi connectivity index (χ3n) is 3.72. The molecule has 0 aliphatic carbocycles. The minimum atomic E-state index is 0.243. The number of hydrogen-bond acceptors (Lipinski definition) is 2. The van der Waals surface area contributed by atoms with Crippen molar-refractivity contribution < 1.29 is 4.74 Å². The Morgan fingerprint density at radius 2 is 1.93 bits per heavy atom. The van der Waals surface area contributed by atoms with Gasteiger partial charge in [-0.1, -0.05) is 18.2 Å². The van der Waals surface area contributed by atoms with Crippen LogP contribution in [0.4, 0.5) is 0 Å². The van der Waals surface area contributed by atoms with E-state index >= 15 is 0 Å². The Bertz CT molecular complexity index is 367. The number of benzene rings is 1. The topological polar surface area (TPSA) is 12.5 Å². The fourth-order valence-electron chi connectivity index (χ4n) is 2.69. The first-order valence-electron chi connectivity index (χ1n) is 5.52. The van der Waals surface area contributed by atoms with Gasteiger partial charge in [0.15, 0.2) is 0 Å². The first kappa shape index (κ1) is 9.22. The van der Waals surface area contributed by atoms with E-state index in [-0.39, 0.29) is 5.41 Å². The van der Waals surface area contributed by atoms with Gasteiger partial charge in [-0.15, -0.1) is 0 Å². The van der Waals surface area contributed by atoms with Crippen LogP contribution < -0.4 is 4.74 Å². The maximum absolute atomic E-state index is 5.80. The number of para-hydroxylation sites is 1. The van der Waals surface area contributed by atoms with Crippen LogP contribution in [-0.4, -0.2) is 24.6 Å². The first-order chi connectivity index (χ1) is 7.30. The molecule has 2 heterocycles. The van der Waals surface area contributed by atoms with E-state index in [1.54, 1.807) is 0 Å². The number of rotatable bonds is 0. The van der Waals surface area contributed by atoms with E-state index in [4.69, 9.17) is 11.8 Å². The van der Waals surface area contributed by atoms with Crippen LogP contribution >= 0.6 is 0 Å². The Hall–Kier alpha value is -1.02. The molecule has 2 aliphatic heterocycles. The molecule has 2 aliphatic rings. The maximum atomic E-state index is 5.80. The number of piperidine rings is 1. The van der Waals surface area contributed by atoms with Gasteiger partial charge >= 0.3 is 0 Å². The lowest BCUT2D eigenvalue weighted by atomic mass is 9.74. The molecule has 15 heavy (non-hydrogen) atoms. The van der Waals surface area contributed by atoms with Crippen molar-refractivity contribution in [3.8, 4) is 5.75 Å².